The fraction of sp³-hybridized carbons (Fsp3) is 0.591. The predicted octanol–water partition coefficient (Wildman–Crippen LogP) is 1.46. The van der Waals surface area contributed by atoms with E-state index in [1.165, 1.54) is 10.4 Å². The summed E-state index contributed by atoms with van der Waals surface area (Å²) in [7, 11) is -3.74. The maximum absolute atomic E-state index is 13.1. The van der Waals surface area contributed by atoms with Crippen LogP contribution in [0.25, 0.3) is 0 Å². The minimum Gasteiger partial charge on any atom is -0.379 e. The lowest BCUT2D eigenvalue weighted by atomic mass is 9.73. The zero-order valence-electron chi connectivity index (χ0n) is 18.9. The summed E-state index contributed by atoms with van der Waals surface area (Å²) < 4.78 is 32.7. The molecular weight excluding hydrogens is 448 g/mol. The molecular formula is C22H30N4O6S. The van der Waals surface area contributed by atoms with Crippen molar-refractivity contribution in [1.82, 2.24) is 14.5 Å². The molecule has 4 amide bonds. The van der Waals surface area contributed by atoms with Crippen LogP contribution in [0.15, 0.2) is 23.1 Å². The van der Waals surface area contributed by atoms with Gasteiger partial charge in [-0.25, -0.2) is 13.2 Å². The number of carbonyl (C=O) groups excluding carboxylic acids is 3. The largest absolute Gasteiger partial charge is 0.379 e. The van der Waals surface area contributed by atoms with Crippen LogP contribution in [0.1, 0.15) is 38.2 Å². The van der Waals surface area contributed by atoms with E-state index in [1.807, 2.05) is 6.92 Å². The molecule has 4 rings (SSSR count). The first kappa shape index (κ1) is 23.7. The monoisotopic (exact) mass is 478 g/mol. The highest BCUT2D eigenvalue weighted by atomic mass is 32.2. The average molecular weight is 479 g/mol. The van der Waals surface area contributed by atoms with Gasteiger partial charge in [-0.2, -0.15) is 4.31 Å². The van der Waals surface area contributed by atoms with Crippen molar-refractivity contribution in [2.45, 2.75) is 50.0 Å². The first-order chi connectivity index (χ1) is 15.6. The molecule has 1 aromatic carbocycles. The summed E-state index contributed by atoms with van der Waals surface area (Å²) >= 11 is 0. The van der Waals surface area contributed by atoms with Crippen LogP contribution >= 0.6 is 0 Å². The molecule has 0 aromatic heterocycles. The summed E-state index contributed by atoms with van der Waals surface area (Å²) in [4.78, 5) is 39.3. The number of hydrogen-bond acceptors (Lipinski definition) is 6. The highest BCUT2D eigenvalue weighted by molar-refractivity contribution is 7.89. The second kappa shape index (κ2) is 9.03. The Morgan fingerprint density at radius 2 is 1.97 bits per heavy atom. The zero-order chi connectivity index (χ0) is 23.8. The summed E-state index contributed by atoms with van der Waals surface area (Å²) in [5.41, 5.74) is -0.0918. The Labute approximate surface area is 193 Å². The summed E-state index contributed by atoms with van der Waals surface area (Å²) in [5, 5.41) is 5.46. The number of benzene rings is 1. The molecule has 3 fully saturated rings. The second-order valence-corrected chi connectivity index (χ2v) is 10.9. The predicted molar refractivity (Wildman–Crippen MR) is 120 cm³/mol. The van der Waals surface area contributed by atoms with Gasteiger partial charge >= 0.3 is 6.03 Å². The third-order valence-corrected chi connectivity index (χ3v) is 8.90. The van der Waals surface area contributed by atoms with Crippen molar-refractivity contribution >= 4 is 33.6 Å². The number of hydrogen-bond donors (Lipinski definition) is 2. The lowest BCUT2D eigenvalue weighted by molar-refractivity contribution is -0.136. The second-order valence-electron chi connectivity index (χ2n) is 8.98. The van der Waals surface area contributed by atoms with E-state index in [9.17, 15) is 22.8 Å². The lowest BCUT2D eigenvalue weighted by Crippen LogP contribution is -2.54. The van der Waals surface area contributed by atoms with Crippen molar-refractivity contribution in [2.24, 2.45) is 5.92 Å². The lowest BCUT2D eigenvalue weighted by Gasteiger charge is -2.36. The van der Waals surface area contributed by atoms with Crippen molar-refractivity contribution in [3.63, 3.8) is 0 Å². The standard InChI is InChI=1S/C22H30N4O6S/c1-15-6-7-17(13-18(15)33(30,31)25-9-11-32-12-10-25)23-19(27)14-26-20(28)22(24-21(26)29)8-4-3-5-16(22)2/h6-7,13,16H,3-5,8-12,14H2,1-2H3,(H,23,27)(H,24,29)/t16-,22+/m0/s1. The molecule has 2 atom stereocenters. The first-order valence-electron chi connectivity index (χ1n) is 11.3. The molecule has 2 saturated heterocycles. The van der Waals surface area contributed by atoms with Crippen molar-refractivity contribution in [2.75, 3.05) is 38.2 Å². The normalized spacial score (nSPS) is 26.5. The van der Waals surface area contributed by atoms with Gasteiger partial charge in [-0.15, -0.1) is 0 Å². The number of rotatable bonds is 5. The van der Waals surface area contributed by atoms with Crippen molar-refractivity contribution < 1.29 is 27.5 Å². The number of morpholine rings is 1. The van der Waals surface area contributed by atoms with Gasteiger partial charge < -0.3 is 15.4 Å². The molecule has 1 saturated carbocycles. The number of nitrogens with one attached hydrogen (secondary N) is 2. The zero-order valence-corrected chi connectivity index (χ0v) is 19.7. The van der Waals surface area contributed by atoms with Crippen LogP contribution in [-0.4, -0.2) is 73.9 Å². The van der Waals surface area contributed by atoms with Crippen LogP contribution < -0.4 is 10.6 Å². The molecule has 0 unspecified atom stereocenters. The quantitative estimate of drug-likeness (QED) is 0.617. The minimum absolute atomic E-state index is 0.000752. The van der Waals surface area contributed by atoms with E-state index in [2.05, 4.69) is 10.6 Å². The minimum atomic E-state index is -3.74. The maximum atomic E-state index is 13.1. The maximum Gasteiger partial charge on any atom is 0.325 e. The Kier molecular flexibility index (Phi) is 6.47. The van der Waals surface area contributed by atoms with Crippen LogP contribution in [0, 0.1) is 12.8 Å². The molecule has 180 valence electrons. The van der Waals surface area contributed by atoms with Crippen LogP contribution in [0.4, 0.5) is 10.5 Å². The number of sulfonamides is 1. The Bertz CT molecular complexity index is 1070. The summed E-state index contributed by atoms with van der Waals surface area (Å²) in [6, 6.07) is 4.06. The molecule has 1 aromatic rings. The van der Waals surface area contributed by atoms with Gasteiger partial charge in [0, 0.05) is 18.8 Å². The molecule has 11 heteroatoms. The average Bonchev–Trinajstić information content (AvgIpc) is 3.02. The number of amides is 4. The van der Waals surface area contributed by atoms with Crippen molar-refractivity contribution in [3.8, 4) is 0 Å². The summed E-state index contributed by atoms with van der Waals surface area (Å²) in [5.74, 6) is -0.937. The van der Waals surface area contributed by atoms with Crippen LogP contribution in [0.3, 0.4) is 0 Å². The molecule has 0 bridgehead atoms. The van der Waals surface area contributed by atoms with Crippen molar-refractivity contribution in [3.05, 3.63) is 23.8 Å². The molecule has 2 heterocycles. The number of carbonyl (C=O) groups is 3. The van der Waals surface area contributed by atoms with Crippen LogP contribution in [0.5, 0.6) is 0 Å². The SMILES string of the molecule is Cc1ccc(NC(=O)CN2C(=O)N[C@@]3(CCCC[C@@H]3C)C2=O)cc1S(=O)(=O)N1CCOCC1. The summed E-state index contributed by atoms with van der Waals surface area (Å²) in [6.07, 6.45) is 3.27. The topological polar surface area (TPSA) is 125 Å². The Hall–Kier alpha value is -2.50. The van der Waals surface area contributed by atoms with E-state index < -0.39 is 34.0 Å². The third kappa shape index (κ3) is 4.36. The van der Waals surface area contributed by atoms with Gasteiger partial charge in [-0.1, -0.05) is 25.8 Å². The Morgan fingerprint density at radius 1 is 1.24 bits per heavy atom. The van der Waals surface area contributed by atoms with Crippen LogP contribution in [-0.2, 0) is 24.3 Å². The van der Waals surface area contributed by atoms with E-state index in [-0.39, 0.29) is 35.5 Å². The van der Waals surface area contributed by atoms with Crippen molar-refractivity contribution in [1.29, 1.82) is 0 Å². The molecule has 2 N–H and O–H groups in total. The number of anilines is 1. The van der Waals surface area contributed by atoms with Gasteiger partial charge in [0.1, 0.15) is 12.1 Å². The van der Waals surface area contributed by atoms with Crippen LogP contribution in [0.2, 0.25) is 0 Å². The fourth-order valence-corrected chi connectivity index (χ4v) is 6.52. The van der Waals surface area contributed by atoms with Gasteiger partial charge in [0.2, 0.25) is 15.9 Å². The van der Waals surface area contributed by atoms with E-state index in [4.69, 9.17) is 4.74 Å². The number of ether oxygens (including phenoxy) is 1. The van der Waals surface area contributed by atoms with E-state index in [0.29, 0.717) is 25.2 Å². The number of imide groups is 1. The number of urea groups is 1. The number of nitrogens with zero attached hydrogens (tertiary/aromatic N) is 2. The highest BCUT2D eigenvalue weighted by Gasteiger charge is 2.55. The van der Waals surface area contributed by atoms with E-state index in [1.54, 1.807) is 19.1 Å². The fourth-order valence-electron chi connectivity index (χ4n) is 4.86. The molecule has 1 spiro atoms. The van der Waals surface area contributed by atoms with E-state index >= 15 is 0 Å². The molecule has 33 heavy (non-hydrogen) atoms. The summed E-state index contributed by atoms with van der Waals surface area (Å²) in [6.45, 7) is 4.41. The molecule has 10 nitrogen and oxygen atoms in total. The Morgan fingerprint density at radius 3 is 2.67 bits per heavy atom. The van der Waals surface area contributed by atoms with Gasteiger partial charge in [-0.3, -0.25) is 14.5 Å². The van der Waals surface area contributed by atoms with Gasteiger partial charge in [0.15, 0.2) is 0 Å². The molecule has 0 radical (unpaired) electrons. The van der Waals surface area contributed by atoms with Gasteiger partial charge in [-0.05, 0) is 43.4 Å². The molecule has 1 aliphatic carbocycles. The highest BCUT2D eigenvalue weighted by Crippen LogP contribution is 2.38. The van der Waals surface area contributed by atoms with E-state index in [0.717, 1.165) is 24.2 Å². The molecule has 2 aliphatic heterocycles. The number of aryl methyl sites for hydroxylation is 1. The molecule has 3 aliphatic rings. The first-order valence-corrected chi connectivity index (χ1v) is 12.7. The third-order valence-electron chi connectivity index (χ3n) is 6.86. The Balaban J connectivity index is 1.47. The van der Waals surface area contributed by atoms with Gasteiger partial charge in [0.05, 0.1) is 18.1 Å². The smallest absolute Gasteiger partial charge is 0.325 e. The van der Waals surface area contributed by atoms with Gasteiger partial charge in [0.25, 0.3) is 5.91 Å².